The second-order valence-corrected chi connectivity index (χ2v) is 3.83. The van der Waals surface area contributed by atoms with Gasteiger partial charge < -0.3 is 11.1 Å². The quantitative estimate of drug-likeness (QED) is 0.773. The molecule has 0 bridgehead atoms. The van der Waals surface area contributed by atoms with Crippen LogP contribution in [0.3, 0.4) is 0 Å². The molecule has 1 aromatic carbocycles. The molecular formula is C13H13N3O. The lowest BCUT2D eigenvalue weighted by molar-refractivity contribution is 0.102. The molecular weight excluding hydrogens is 214 g/mol. The van der Waals surface area contributed by atoms with Crippen LogP contribution in [0.5, 0.6) is 0 Å². The smallest absolute Gasteiger partial charge is 0.255 e. The van der Waals surface area contributed by atoms with Crippen molar-refractivity contribution in [2.24, 2.45) is 0 Å². The number of nitrogens with one attached hydrogen (secondary N) is 1. The Bertz CT molecular complexity index is 517. The molecule has 0 saturated heterocycles. The summed E-state index contributed by atoms with van der Waals surface area (Å²) in [4.78, 5) is 15.9. The molecule has 0 unspecified atom stereocenters. The van der Waals surface area contributed by atoms with E-state index in [2.05, 4.69) is 10.3 Å². The predicted octanol–water partition coefficient (Wildman–Crippen LogP) is 2.22. The minimum absolute atomic E-state index is 0.187. The van der Waals surface area contributed by atoms with Gasteiger partial charge in [0.1, 0.15) is 0 Å². The van der Waals surface area contributed by atoms with Crippen LogP contribution in [0.25, 0.3) is 0 Å². The van der Waals surface area contributed by atoms with Crippen LogP contribution in [-0.4, -0.2) is 10.9 Å². The fraction of sp³-hybridized carbons (Fsp3) is 0.0769. The number of amides is 1. The maximum Gasteiger partial charge on any atom is 0.255 e. The van der Waals surface area contributed by atoms with Crippen LogP contribution in [0.1, 0.15) is 15.9 Å². The van der Waals surface area contributed by atoms with Crippen LogP contribution in [-0.2, 0) is 0 Å². The first-order chi connectivity index (χ1) is 8.15. The fourth-order valence-corrected chi connectivity index (χ4v) is 1.58. The zero-order valence-corrected chi connectivity index (χ0v) is 9.47. The van der Waals surface area contributed by atoms with Gasteiger partial charge in [-0.25, -0.2) is 0 Å². The maximum absolute atomic E-state index is 11.9. The molecule has 1 amide bonds. The summed E-state index contributed by atoms with van der Waals surface area (Å²) in [5.41, 5.74) is 8.45. The van der Waals surface area contributed by atoms with Crippen LogP contribution in [0, 0.1) is 6.92 Å². The number of nitrogens with two attached hydrogens (primary N) is 1. The molecule has 86 valence electrons. The maximum atomic E-state index is 11.9. The van der Waals surface area contributed by atoms with E-state index in [-0.39, 0.29) is 5.91 Å². The monoisotopic (exact) mass is 227 g/mol. The van der Waals surface area contributed by atoms with Gasteiger partial charge in [0, 0.05) is 17.4 Å². The van der Waals surface area contributed by atoms with Crippen molar-refractivity contribution in [1.82, 2.24) is 4.98 Å². The Morgan fingerprint density at radius 3 is 2.82 bits per heavy atom. The Hall–Kier alpha value is -2.36. The van der Waals surface area contributed by atoms with Gasteiger partial charge in [0.15, 0.2) is 0 Å². The van der Waals surface area contributed by atoms with Gasteiger partial charge in [-0.1, -0.05) is 0 Å². The van der Waals surface area contributed by atoms with Crippen LogP contribution in [0.4, 0.5) is 11.4 Å². The van der Waals surface area contributed by atoms with Crippen molar-refractivity contribution in [3.63, 3.8) is 0 Å². The van der Waals surface area contributed by atoms with Gasteiger partial charge in [0.2, 0.25) is 0 Å². The molecule has 4 heteroatoms. The Morgan fingerprint density at radius 2 is 2.18 bits per heavy atom. The van der Waals surface area contributed by atoms with Crippen molar-refractivity contribution in [2.75, 3.05) is 11.1 Å². The van der Waals surface area contributed by atoms with E-state index >= 15 is 0 Å². The van der Waals surface area contributed by atoms with Crippen molar-refractivity contribution in [2.45, 2.75) is 6.92 Å². The molecule has 0 saturated carbocycles. The summed E-state index contributed by atoms with van der Waals surface area (Å²) >= 11 is 0. The number of nitrogen functional groups attached to an aromatic ring is 1. The first kappa shape index (κ1) is 11.1. The number of pyridine rings is 1. The van der Waals surface area contributed by atoms with Gasteiger partial charge in [-0.3, -0.25) is 9.78 Å². The fourth-order valence-electron chi connectivity index (χ4n) is 1.58. The topological polar surface area (TPSA) is 68.0 Å². The molecule has 0 aliphatic rings. The normalized spacial score (nSPS) is 9.94. The van der Waals surface area contributed by atoms with Gasteiger partial charge in [0.05, 0.1) is 11.9 Å². The Labute approximate surface area is 99.5 Å². The predicted molar refractivity (Wildman–Crippen MR) is 67.8 cm³/mol. The third-order valence-corrected chi connectivity index (χ3v) is 2.28. The van der Waals surface area contributed by atoms with E-state index in [4.69, 9.17) is 5.73 Å². The Morgan fingerprint density at radius 1 is 1.35 bits per heavy atom. The van der Waals surface area contributed by atoms with Gasteiger partial charge >= 0.3 is 0 Å². The van der Waals surface area contributed by atoms with Gasteiger partial charge in [-0.15, -0.1) is 0 Å². The van der Waals surface area contributed by atoms with Gasteiger partial charge in [-0.05, 0) is 42.8 Å². The van der Waals surface area contributed by atoms with E-state index in [1.165, 1.54) is 0 Å². The number of rotatable bonds is 2. The average molecular weight is 227 g/mol. The molecule has 1 aromatic heterocycles. The molecule has 0 atom stereocenters. The number of hydrogen-bond donors (Lipinski definition) is 2. The molecule has 0 aliphatic heterocycles. The average Bonchev–Trinajstić information content (AvgIpc) is 2.29. The molecule has 0 spiro atoms. The first-order valence-corrected chi connectivity index (χ1v) is 5.24. The molecule has 4 nitrogen and oxygen atoms in total. The van der Waals surface area contributed by atoms with Crippen molar-refractivity contribution in [1.29, 1.82) is 0 Å². The Kier molecular flexibility index (Phi) is 3.05. The van der Waals surface area contributed by atoms with E-state index in [1.807, 2.05) is 13.0 Å². The van der Waals surface area contributed by atoms with Crippen molar-refractivity contribution in [3.8, 4) is 0 Å². The van der Waals surface area contributed by atoms with Crippen LogP contribution in [0.2, 0.25) is 0 Å². The summed E-state index contributed by atoms with van der Waals surface area (Å²) in [5.74, 6) is -0.187. The lowest BCUT2D eigenvalue weighted by Crippen LogP contribution is -2.12. The summed E-state index contributed by atoms with van der Waals surface area (Å²) in [5, 5.41) is 2.76. The van der Waals surface area contributed by atoms with E-state index in [0.29, 0.717) is 16.9 Å². The Balaban J connectivity index is 2.20. The van der Waals surface area contributed by atoms with Crippen molar-refractivity contribution in [3.05, 3.63) is 53.9 Å². The second kappa shape index (κ2) is 4.65. The standard InChI is InChI=1S/C13H13N3O/c1-9-5-10(7-11(14)6-9)13(17)16-12-3-2-4-15-8-12/h2-8H,14H2,1H3,(H,16,17). The molecule has 2 rings (SSSR count). The summed E-state index contributed by atoms with van der Waals surface area (Å²) in [6.45, 7) is 1.90. The third kappa shape index (κ3) is 2.81. The zero-order chi connectivity index (χ0) is 12.3. The summed E-state index contributed by atoms with van der Waals surface area (Å²) in [6.07, 6.45) is 3.25. The molecule has 0 aliphatic carbocycles. The lowest BCUT2D eigenvalue weighted by atomic mass is 10.1. The molecule has 2 aromatic rings. The van der Waals surface area contributed by atoms with Crippen LogP contribution in [0.15, 0.2) is 42.7 Å². The van der Waals surface area contributed by atoms with Crippen LogP contribution < -0.4 is 11.1 Å². The number of nitrogens with zero attached hydrogens (tertiary/aromatic N) is 1. The second-order valence-electron chi connectivity index (χ2n) is 3.83. The number of hydrogen-bond acceptors (Lipinski definition) is 3. The number of anilines is 2. The first-order valence-electron chi connectivity index (χ1n) is 5.24. The SMILES string of the molecule is Cc1cc(N)cc(C(=O)Nc2cccnc2)c1. The zero-order valence-electron chi connectivity index (χ0n) is 9.47. The summed E-state index contributed by atoms with van der Waals surface area (Å²) in [7, 11) is 0. The highest BCUT2D eigenvalue weighted by Crippen LogP contribution is 2.13. The minimum Gasteiger partial charge on any atom is -0.399 e. The molecule has 1 heterocycles. The number of carbonyl (C=O) groups excluding carboxylic acids is 1. The van der Waals surface area contributed by atoms with E-state index < -0.39 is 0 Å². The highest BCUT2D eigenvalue weighted by molar-refractivity contribution is 6.04. The molecule has 17 heavy (non-hydrogen) atoms. The summed E-state index contributed by atoms with van der Waals surface area (Å²) < 4.78 is 0. The van der Waals surface area contributed by atoms with E-state index in [9.17, 15) is 4.79 Å². The van der Waals surface area contributed by atoms with Crippen molar-refractivity contribution >= 4 is 17.3 Å². The molecule has 0 radical (unpaired) electrons. The minimum atomic E-state index is -0.187. The van der Waals surface area contributed by atoms with Crippen LogP contribution >= 0.6 is 0 Å². The summed E-state index contributed by atoms with van der Waals surface area (Å²) in [6, 6.07) is 8.81. The van der Waals surface area contributed by atoms with Crippen molar-refractivity contribution < 1.29 is 4.79 Å². The molecule has 3 N–H and O–H groups in total. The lowest BCUT2D eigenvalue weighted by Gasteiger charge is -2.06. The van der Waals surface area contributed by atoms with Gasteiger partial charge in [-0.2, -0.15) is 0 Å². The van der Waals surface area contributed by atoms with E-state index in [0.717, 1.165) is 5.56 Å². The van der Waals surface area contributed by atoms with Gasteiger partial charge in [0.25, 0.3) is 5.91 Å². The number of aromatic nitrogens is 1. The highest BCUT2D eigenvalue weighted by Gasteiger charge is 2.07. The number of carbonyl (C=O) groups is 1. The number of benzene rings is 1. The largest absolute Gasteiger partial charge is 0.399 e. The number of aryl methyl sites for hydroxylation is 1. The highest BCUT2D eigenvalue weighted by atomic mass is 16.1. The third-order valence-electron chi connectivity index (χ3n) is 2.28. The molecule has 0 fully saturated rings. The van der Waals surface area contributed by atoms with E-state index in [1.54, 1.807) is 36.7 Å².